The molecule has 1 nitrogen and oxygen atoms in total. The van der Waals surface area contributed by atoms with Crippen LogP contribution in [0.15, 0.2) is 84.9 Å². The summed E-state index contributed by atoms with van der Waals surface area (Å²) in [6, 6.07) is 31.0. The van der Waals surface area contributed by atoms with Crippen LogP contribution in [0.1, 0.15) is 0 Å². The van der Waals surface area contributed by atoms with Gasteiger partial charge in [-0.3, -0.25) is 0 Å². The first-order valence-electron chi connectivity index (χ1n) is 9.54. The van der Waals surface area contributed by atoms with Crippen LogP contribution in [0.2, 0.25) is 0 Å². The van der Waals surface area contributed by atoms with E-state index in [9.17, 15) is 0 Å². The summed E-state index contributed by atoms with van der Waals surface area (Å²) in [5.74, 6) is 0. The smallest absolute Gasteiger partial charge is 0.0479 e. The fourth-order valence-electron chi connectivity index (χ4n) is 4.67. The first kappa shape index (κ1) is 14.7. The molecule has 5 aromatic carbocycles. The fraction of sp³-hybridized carbons (Fsp3) is 0. The van der Waals surface area contributed by atoms with Crippen LogP contribution >= 0.6 is 11.3 Å². The predicted octanol–water partition coefficient (Wildman–Crippen LogP) is 8.00. The minimum absolute atomic E-state index is 1.21. The molecule has 0 spiro atoms. The number of hydrogen-bond donors (Lipinski definition) is 1. The molecule has 2 heteroatoms. The van der Waals surface area contributed by atoms with Crippen LogP contribution in [0.5, 0.6) is 0 Å². The number of benzene rings is 5. The summed E-state index contributed by atoms with van der Waals surface area (Å²) >= 11 is 1.91. The minimum Gasteiger partial charge on any atom is -0.354 e. The zero-order valence-corrected chi connectivity index (χ0v) is 15.8. The summed E-state index contributed by atoms with van der Waals surface area (Å²) in [4.78, 5) is 3.65. The van der Waals surface area contributed by atoms with E-state index in [0.29, 0.717) is 0 Å². The van der Waals surface area contributed by atoms with Crippen molar-refractivity contribution in [1.29, 1.82) is 0 Å². The lowest BCUT2D eigenvalue weighted by Crippen LogP contribution is -1.74. The Morgan fingerprint density at radius 3 is 2.14 bits per heavy atom. The van der Waals surface area contributed by atoms with Crippen molar-refractivity contribution in [2.24, 2.45) is 0 Å². The summed E-state index contributed by atoms with van der Waals surface area (Å²) in [5, 5.41) is 10.6. The number of rotatable bonds is 0. The van der Waals surface area contributed by atoms with Crippen LogP contribution < -0.4 is 0 Å². The first-order chi connectivity index (χ1) is 13.9. The second-order valence-electron chi connectivity index (χ2n) is 7.50. The molecule has 0 unspecified atom stereocenters. The fourth-order valence-corrected chi connectivity index (χ4v) is 5.95. The van der Waals surface area contributed by atoms with Gasteiger partial charge in [0.05, 0.1) is 0 Å². The topological polar surface area (TPSA) is 15.8 Å². The molecule has 2 aromatic heterocycles. The van der Waals surface area contributed by atoms with Crippen molar-refractivity contribution in [1.82, 2.24) is 4.98 Å². The van der Waals surface area contributed by atoms with Crippen molar-refractivity contribution < 1.29 is 0 Å². The maximum Gasteiger partial charge on any atom is 0.0479 e. The molecule has 1 N–H and O–H groups in total. The Labute approximate surface area is 164 Å². The molecule has 0 aliphatic rings. The van der Waals surface area contributed by atoms with Crippen molar-refractivity contribution in [3.8, 4) is 0 Å². The molecule has 0 atom stereocenters. The van der Waals surface area contributed by atoms with Gasteiger partial charge in [0, 0.05) is 42.0 Å². The Bertz CT molecular complexity index is 1720. The molecule has 2 heterocycles. The van der Waals surface area contributed by atoms with Crippen LogP contribution in [0.4, 0.5) is 0 Å². The highest BCUT2D eigenvalue weighted by Gasteiger charge is 2.15. The van der Waals surface area contributed by atoms with Gasteiger partial charge in [-0.2, -0.15) is 0 Å². The van der Waals surface area contributed by atoms with Gasteiger partial charge in [-0.05, 0) is 45.8 Å². The van der Waals surface area contributed by atoms with E-state index < -0.39 is 0 Å². The number of H-pyrrole nitrogens is 1. The molecule has 7 aromatic rings. The van der Waals surface area contributed by atoms with E-state index >= 15 is 0 Å². The summed E-state index contributed by atoms with van der Waals surface area (Å²) < 4.78 is 2.74. The van der Waals surface area contributed by atoms with Crippen LogP contribution in [0.25, 0.3) is 63.5 Å². The Kier molecular flexibility index (Phi) is 2.68. The predicted molar refractivity (Wildman–Crippen MR) is 124 cm³/mol. The number of fused-ring (bicyclic) bond motifs is 10. The molecule has 130 valence electrons. The van der Waals surface area contributed by atoms with Gasteiger partial charge in [0.2, 0.25) is 0 Å². The van der Waals surface area contributed by atoms with Crippen LogP contribution in [-0.4, -0.2) is 4.98 Å². The molecule has 0 fully saturated rings. The zero-order valence-electron chi connectivity index (χ0n) is 15.0. The molecule has 0 bridgehead atoms. The lowest BCUT2D eigenvalue weighted by atomic mass is 10.0. The molecular weight excluding hydrogens is 358 g/mol. The molecule has 0 saturated carbocycles. The average Bonchev–Trinajstić information content (AvgIpc) is 3.29. The number of aromatic nitrogens is 1. The number of thiophene rings is 1. The standard InChI is InChI=1S/C26H15NS/c1-2-7-17-14-23-20(13-16(17)6-1)19-10-12-22-25(26(19)28-23)24-18-8-4-3-5-15(18)9-11-21(24)27-22/h1-14,27H. The van der Waals surface area contributed by atoms with Crippen molar-refractivity contribution in [2.75, 3.05) is 0 Å². The largest absolute Gasteiger partial charge is 0.354 e. The lowest BCUT2D eigenvalue weighted by molar-refractivity contribution is 1.56. The lowest BCUT2D eigenvalue weighted by Gasteiger charge is -2.01. The van der Waals surface area contributed by atoms with Crippen LogP contribution in [-0.2, 0) is 0 Å². The summed E-state index contributed by atoms with van der Waals surface area (Å²) in [7, 11) is 0. The Balaban J connectivity index is 1.75. The third kappa shape index (κ3) is 1.81. The summed E-state index contributed by atoms with van der Waals surface area (Å²) in [6.07, 6.45) is 0. The van der Waals surface area contributed by atoms with Gasteiger partial charge in [-0.1, -0.05) is 60.7 Å². The quantitative estimate of drug-likeness (QED) is 0.277. The Morgan fingerprint density at radius 1 is 0.536 bits per heavy atom. The number of hydrogen-bond acceptors (Lipinski definition) is 1. The highest BCUT2D eigenvalue weighted by Crippen LogP contribution is 2.43. The highest BCUT2D eigenvalue weighted by atomic mass is 32.1. The van der Waals surface area contributed by atoms with Crippen LogP contribution in [0, 0.1) is 0 Å². The molecule has 0 aliphatic carbocycles. The van der Waals surface area contributed by atoms with Gasteiger partial charge in [0.25, 0.3) is 0 Å². The van der Waals surface area contributed by atoms with E-state index in [4.69, 9.17) is 0 Å². The zero-order chi connectivity index (χ0) is 18.2. The summed E-state index contributed by atoms with van der Waals surface area (Å²) in [5.41, 5.74) is 2.43. The summed E-state index contributed by atoms with van der Waals surface area (Å²) in [6.45, 7) is 0. The Morgan fingerprint density at radius 2 is 1.25 bits per heavy atom. The van der Waals surface area contributed by atoms with Crippen molar-refractivity contribution in [3.05, 3.63) is 84.9 Å². The molecule has 0 aliphatic heterocycles. The minimum atomic E-state index is 1.21. The van der Waals surface area contributed by atoms with Crippen LogP contribution in [0.3, 0.4) is 0 Å². The molecule has 28 heavy (non-hydrogen) atoms. The maximum atomic E-state index is 3.65. The second-order valence-corrected chi connectivity index (χ2v) is 8.55. The van der Waals surface area contributed by atoms with Gasteiger partial charge < -0.3 is 4.98 Å². The van der Waals surface area contributed by atoms with Gasteiger partial charge in [0.15, 0.2) is 0 Å². The highest BCUT2D eigenvalue weighted by molar-refractivity contribution is 7.26. The monoisotopic (exact) mass is 373 g/mol. The maximum absolute atomic E-state index is 3.65. The van der Waals surface area contributed by atoms with Gasteiger partial charge in [-0.15, -0.1) is 11.3 Å². The number of aromatic amines is 1. The van der Waals surface area contributed by atoms with Gasteiger partial charge in [0.1, 0.15) is 0 Å². The first-order valence-corrected chi connectivity index (χ1v) is 10.4. The van der Waals surface area contributed by atoms with Gasteiger partial charge >= 0.3 is 0 Å². The van der Waals surface area contributed by atoms with Crippen molar-refractivity contribution >= 4 is 74.9 Å². The molecule has 7 rings (SSSR count). The second kappa shape index (κ2) is 5.12. The van der Waals surface area contributed by atoms with Crippen molar-refractivity contribution in [3.63, 3.8) is 0 Å². The van der Waals surface area contributed by atoms with E-state index in [1.54, 1.807) is 0 Å². The average molecular weight is 373 g/mol. The van der Waals surface area contributed by atoms with E-state index in [-0.39, 0.29) is 0 Å². The molecule has 0 saturated heterocycles. The third-order valence-corrected chi connectivity index (χ3v) is 7.14. The molecule has 0 amide bonds. The normalized spacial score (nSPS) is 12.3. The molecule has 0 radical (unpaired) electrons. The van der Waals surface area contributed by atoms with E-state index in [1.165, 1.54) is 63.5 Å². The number of nitrogens with one attached hydrogen (secondary N) is 1. The van der Waals surface area contributed by atoms with E-state index in [0.717, 1.165) is 0 Å². The van der Waals surface area contributed by atoms with E-state index in [2.05, 4.69) is 89.9 Å². The third-order valence-electron chi connectivity index (χ3n) is 5.96. The van der Waals surface area contributed by atoms with E-state index in [1.807, 2.05) is 11.3 Å². The SMILES string of the molecule is c1ccc2cc3c(cc2c1)sc1c3ccc2[nH]c3ccc4ccccc4c3c21. The molecular formula is C26H15NS. The van der Waals surface area contributed by atoms with Crippen molar-refractivity contribution in [2.45, 2.75) is 0 Å². The van der Waals surface area contributed by atoms with Gasteiger partial charge in [-0.25, -0.2) is 0 Å². The Hall–Kier alpha value is -3.36.